The third-order valence-electron chi connectivity index (χ3n) is 1.42. The first kappa shape index (κ1) is 12.4. The maximum absolute atomic E-state index is 10.1. The molecule has 0 aromatic heterocycles. The molecule has 1 unspecified atom stereocenters. The molecule has 0 heterocycles. The van der Waals surface area contributed by atoms with Crippen LogP contribution in [-0.2, 0) is 14.3 Å². The molecule has 13 heavy (non-hydrogen) atoms. The van der Waals surface area contributed by atoms with Crippen molar-refractivity contribution in [2.24, 2.45) is 0 Å². The number of carbonyl (C=O) groups is 1. The summed E-state index contributed by atoms with van der Waals surface area (Å²) in [7, 11) is 0. The van der Waals surface area contributed by atoms with E-state index in [1.807, 2.05) is 13.8 Å². The van der Waals surface area contributed by atoms with Crippen LogP contribution >= 0.6 is 0 Å². The largest absolute Gasteiger partial charge is 0.481 e. The molecular weight excluding hydrogens is 172 g/mol. The summed E-state index contributed by atoms with van der Waals surface area (Å²) in [5, 5.41) is 8.33. The van der Waals surface area contributed by atoms with Gasteiger partial charge in [0.05, 0.1) is 25.7 Å². The summed E-state index contributed by atoms with van der Waals surface area (Å²) in [6.45, 7) is 5.43. The molecule has 0 aromatic carbocycles. The fourth-order valence-electron chi connectivity index (χ4n) is 0.789. The Labute approximate surface area is 78.8 Å². The average molecular weight is 190 g/mol. The summed E-state index contributed by atoms with van der Waals surface area (Å²) in [6.07, 6.45) is 1.02. The van der Waals surface area contributed by atoms with Gasteiger partial charge in [-0.05, 0) is 13.3 Å². The Bertz CT molecular complexity index is 136. The van der Waals surface area contributed by atoms with Crippen molar-refractivity contribution in [3.05, 3.63) is 0 Å². The standard InChI is InChI=1S/C9H18O4/c1-3-5-12-7-8(2)13-6-4-9(10)11/h8H,3-7H2,1-2H3,(H,10,11). The van der Waals surface area contributed by atoms with Gasteiger partial charge in [0.1, 0.15) is 0 Å². The molecule has 0 spiro atoms. The topological polar surface area (TPSA) is 55.8 Å². The minimum atomic E-state index is -0.832. The van der Waals surface area contributed by atoms with E-state index in [9.17, 15) is 4.79 Å². The van der Waals surface area contributed by atoms with E-state index in [1.54, 1.807) is 0 Å². The fraction of sp³-hybridized carbons (Fsp3) is 0.889. The highest BCUT2D eigenvalue weighted by Gasteiger charge is 2.03. The average Bonchev–Trinajstić information content (AvgIpc) is 2.04. The van der Waals surface area contributed by atoms with E-state index in [2.05, 4.69) is 0 Å². The van der Waals surface area contributed by atoms with Gasteiger partial charge in [-0.25, -0.2) is 0 Å². The molecule has 0 rings (SSSR count). The smallest absolute Gasteiger partial charge is 0.305 e. The van der Waals surface area contributed by atoms with Gasteiger partial charge in [-0.1, -0.05) is 6.92 Å². The lowest BCUT2D eigenvalue weighted by atomic mass is 10.4. The summed E-state index contributed by atoms with van der Waals surface area (Å²) in [4.78, 5) is 10.1. The SMILES string of the molecule is CCCOCC(C)OCCC(=O)O. The van der Waals surface area contributed by atoms with Gasteiger partial charge in [-0.2, -0.15) is 0 Å². The second-order valence-corrected chi connectivity index (χ2v) is 2.90. The molecular formula is C9H18O4. The van der Waals surface area contributed by atoms with E-state index >= 15 is 0 Å². The highest BCUT2D eigenvalue weighted by atomic mass is 16.5. The number of aliphatic carboxylic acids is 1. The van der Waals surface area contributed by atoms with Crippen molar-refractivity contribution in [2.75, 3.05) is 19.8 Å². The molecule has 0 amide bonds. The molecule has 78 valence electrons. The van der Waals surface area contributed by atoms with Gasteiger partial charge in [-0.3, -0.25) is 4.79 Å². The molecule has 0 fully saturated rings. The molecule has 0 radical (unpaired) electrons. The van der Waals surface area contributed by atoms with Crippen molar-refractivity contribution in [3.8, 4) is 0 Å². The number of hydrogen-bond donors (Lipinski definition) is 1. The number of carboxylic acids is 1. The molecule has 1 N–H and O–H groups in total. The quantitative estimate of drug-likeness (QED) is 0.586. The molecule has 0 aromatic rings. The van der Waals surface area contributed by atoms with E-state index in [0.717, 1.165) is 13.0 Å². The number of rotatable bonds is 8. The van der Waals surface area contributed by atoms with Gasteiger partial charge >= 0.3 is 5.97 Å². The minimum Gasteiger partial charge on any atom is -0.481 e. The van der Waals surface area contributed by atoms with Gasteiger partial charge in [0.25, 0.3) is 0 Å². The van der Waals surface area contributed by atoms with Crippen LogP contribution in [0, 0.1) is 0 Å². The molecule has 4 heteroatoms. The van der Waals surface area contributed by atoms with Crippen molar-refractivity contribution in [1.82, 2.24) is 0 Å². The van der Waals surface area contributed by atoms with Crippen LogP contribution in [0.4, 0.5) is 0 Å². The van der Waals surface area contributed by atoms with Crippen LogP contribution in [-0.4, -0.2) is 37.0 Å². The predicted octanol–water partition coefficient (Wildman–Crippen LogP) is 1.29. The Balaban J connectivity index is 3.19. The molecule has 1 atom stereocenters. The second kappa shape index (κ2) is 8.01. The van der Waals surface area contributed by atoms with Crippen molar-refractivity contribution < 1.29 is 19.4 Å². The summed E-state index contributed by atoms with van der Waals surface area (Å²) < 4.78 is 10.4. The fourth-order valence-corrected chi connectivity index (χ4v) is 0.789. The zero-order valence-electron chi connectivity index (χ0n) is 8.28. The lowest BCUT2D eigenvalue weighted by Crippen LogP contribution is -2.18. The third-order valence-corrected chi connectivity index (χ3v) is 1.42. The zero-order chi connectivity index (χ0) is 10.1. The van der Waals surface area contributed by atoms with Crippen LogP contribution in [0.15, 0.2) is 0 Å². The normalized spacial score (nSPS) is 12.8. The van der Waals surface area contributed by atoms with Crippen LogP contribution in [0.3, 0.4) is 0 Å². The van der Waals surface area contributed by atoms with E-state index < -0.39 is 5.97 Å². The Morgan fingerprint density at radius 3 is 2.69 bits per heavy atom. The Hall–Kier alpha value is -0.610. The molecule has 0 aliphatic heterocycles. The predicted molar refractivity (Wildman–Crippen MR) is 48.8 cm³/mol. The summed E-state index contributed by atoms with van der Waals surface area (Å²) in [6, 6.07) is 0. The lowest BCUT2D eigenvalue weighted by Gasteiger charge is -2.11. The minimum absolute atomic E-state index is 0.0223. The number of ether oxygens (including phenoxy) is 2. The molecule has 0 aliphatic rings. The Morgan fingerprint density at radius 2 is 2.15 bits per heavy atom. The monoisotopic (exact) mass is 190 g/mol. The highest BCUT2D eigenvalue weighted by molar-refractivity contribution is 5.66. The van der Waals surface area contributed by atoms with Crippen LogP contribution in [0.2, 0.25) is 0 Å². The highest BCUT2D eigenvalue weighted by Crippen LogP contribution is 1.94. The molecule has 0 saturated heterocycles. The molecule has 0 aliphatic carbocycles. The van der Waals surface area contributed by atoms with Gasteiger partial charge in [0.15, 0.2) is 0 Å². The van der Waals surface area contributed by atoms with E-state index in [4.69, 9.17) is 14.6 Å². The van der Waals surface area contributed by atoms with E-state index in [1.165, 1.54) is 0 Å². The van der Waals surface area contributed by atoms with E-state index in [-0.39, 0.29) is 19.1 Å². The van der Waals surface area contributed by atoms with Crippen molar-refractivity contribution in [3.63, 3.8) is 0 Å². The van der Waals surface area contributed by atoms with Gasteiger partial charge in [0, 0.05) is 6.61 Å². The maximum atomic E-state index is 10.1. The van der Waals surface area contributed by atoms with Crippen LogP contribution < -0.4 is 0 Å². The summed E-state index contributed by atoms with van der Waals surface area (Å²) >= 11 is 0. The van der Waals surface area contributed by atoms with Crippen LogP contribution in [0.5, 0.6) is 0 Å². The van der Waals surface area contributed by atoms with Crippen molar-refractivity contribution in [1.29, 1.82) is 0 Å². The first-order valence-electron chi connectivity index (χ1n) is 4.58. The molecule has 0 bridgehead atoms. The maximum Gasteiger partial charge on any atom is 0.305 e. The lowest BCUT2D eigenvalue weighted by molar-refractivity contribution is -0.138. The van der Waals surface area contributed by atoms with Gasteiger partial charge in [-0.15, -0.1) is 0 Å². The number of carboxylic acid groups (broad SMARTS) is 1. The summed E-state index contributed by atoms with van der Waals surface area (Å²) in [5.41, 5.74) is 0. The van der Waals surface area contributed by atoms with Crippen LogP contribution in [0.25, 0.3) is 0 Å². The van der Waals surface area contributed by atoms with E-state index in [0.29, 0.717) is 6.61 Å². The third kappa shape index (κ3) is 9.30. The number of hydrogen-bond acceptors (Lipinski definition) is 3. The Kier molecular flexibility index (Phi) is 7.63. The zero-order valence-corrected chi connectivity index (χ0v) is 8.28. The molecule has 0 saturated carbocycles. The van der Waals surface area contributed by atoms with Crippen molar-refractivity contribution in [2.45, 2.75) is 32.8 Å². The van der Waals surface area contributed by atoms with Gasteiger partial charge < -0.3 is 14.6 Å². The molecule has 4 nitrogen and oxygen atoms in total. The van der Waals surface area contributed by atoms with Crippen molar-refractivity contribution >= 4 is 5.97 Å². The first-order chi connectivity index (χ1) is 6.16. The second-order valence-electron chi connectivity index (χ2n) is 2.90. The van der Waals surface area contributed by atoms with Gasteiger partial charge in [0.2, 0.25) is 0 Å². The Morgan fingerprint density at radius 1 is 1.46 bits per heavy atom. The first-order valence-corrected chi connectivity index (χ1v) is 4.58. The summed E-state index contributed by atoms with van der Waals surface area (Å²) in [5.74, 6) is -0.832. The van der Waals surface area contributed by atoms with Crippen LogP contribution in [0.1, 0.15) is 26.7 Å².